The molecule has 0 saturated heterocycles. The fourth-order valence-electron chi connectivity index (χ4n) is 1.15. The molecule has 0 amide bonds. The van der Waals surface area contributed by atoms with Crippen LogP contribution in [-0.2, 0) is 17.8 Å². The normalized spacial score (nSPS) is 10.8. The zero-order valence-corrected chi connectivity index (χ0v) is 8.32. The summed E-state index contributed by atoms with van der Waals surface area (Å²) in [5, 5.41) is 4.06. The molecule has 0 aliphatic rings. The van der Waals surface area contributed by atoms with Crippen LogP contribution in [-0.4, -0.2) is 20.5 Å². The maximum Gasteiger partial charge on any atom is 0.138 e. The molecule has 0 fully saturated rings. The second-order valence-electron chi connectivity index (χ2n) is 3.63. The van der Waals surface area contributed by atoms with Crippen LogP contribution in [0, 0.1) is 5.92 Å². The molecule has 1 heterocycles. The molecule has 72 valence electrons. The Morgan fingerprint density at radius 2 is 2.31 bits per heavy atom. The number of aromatic nitrogens is 3. The van der Waals surface area contributed by atoms with Crippen LogP contribution in [0.2, 0.25) is 0 Å². The molecule has 13 heavy (non-hydrogen) atoms. The van der Waals surface area contributed by atoms with Gasteiger partial charge in [0.2, 0.25) is 0 Å². The van der Waals surface area contributed by atoms with Crippen molar-refractivity contribution in [3.05, 3.63) is 12.2 Å². The van der Waals surface area contributed by atoms with E-state index in [-0.39, 0.29) is 5.78 Å². The van der Waals surface area contributed by atoms with Gasteiger partial charge < -0.3 is 0 Å². The minimum atomic E-state index is 0.123. The Balaban J connectivity index is 2.71. The van der Waals surface area contributed by atoms with Gasteiger partial charge in [-0.15, -0.1) is 0 Å². The summed E-state index contributed by atoms with van der Waals surface area (Å²) in [6, 6.07) is 0. The lowest BCUT2D eigenvalue weighted by Gasteiger charge is -2.06. The van der Waals surface area contributed by atoms with Gasteiger partial charge in [0.25, 0.3) is 0 Å². The zero-order chi connectivity index (χ0) is 9.84. The van der Waals surface area contributed by atoms with Crippen LogP contribution in [0.15, 0.2) is 6.33 Å². The summed E-state index contributed by atoms with van der Waals surface area (Å²) in [7, 11) is 0. The smallest absolute Gasteiger partial charge is 0.138 e. The second-order valence-corrected chi connectivity index (χ2v) is 3.63. The van der Waals surface area contributed by atoms with Gasteiger partial charge in [0, 0.05) is 6.54 Å². The van der Waals surface area contributed by atoms with Crippen molar-refractivity contribution in [3.63, 3.8) is 0 Å². The SMILES string of the molecule is CC(=O)Cc1ncnn1CC(C)C. The van der Waals surface area contributed by atoms with Crippen LogP contribution in [0.3, 0.4) is 0 Å². The zero-order valence-electron chi connectivity index (χ0n) is 8.32. The number of Topliss-reactive ketones (excluding diaryl/α,β-unsaturated/α-hetero) is 1. The summed E-state index contributed by atoms with van der Waals surface area (Å²) in [4.78, 5) is 14.9. The molecular weight excluding hydrogens is 166 g/mol. The minimum absolute atomic E-state index is 0.123. The maximum atomic E-state index is 10.9. The third kappa shape index (κ3) is 2.97. The van der Waals surface area contributed by atoms with Crippen LogP contribution in [0.5, 0.6) is 0 Å². The molecule has 0 bridgehead atoms. The monoisotopic (exact) mass is 181 g/mol. The van der Waals surface area contributed by atoms with E-state index in [4.69, 9.17) is 0 Å². The number of rotatable bonds is 4. The van der Waals surface area contributed by atoms with Crippen LogP contribution >= 0.6 is 0 Å². The summed E-state index contributed by atoms with van der Waals surface area (Å²) in [5.74, 6) is 1.41. The van der Waals surface area contributed by atoms with E-state index in [0.29, 0.717) is 12.3 Å². The highest BCUT2D eigenvalue weighted by Gasteiger charge is 2.07. The maximum absolute atomic E-state index is 10.9. The Morgan fingerprint density at radius 1 is 1.62 bits per heavy atom. The van der Waals surface area contributed by atoms with E-state index >= 15 is 0 Å². The van der Waals surface area contributed by atoms with Crippen molar-refractivity contribution in [1.82, 2.24) is 14.8 Å². The molecule has 1 aromatic heterocycles. The quantitative estimate of drug-likeness (QED) is 0.698. The highest BCUT2D eigenvalue weighted by Crippen LogP contribution is 2.01. The largest absolute Gasteiger partial charge is 0.300 e. The molecule has 0 aliphatic carbocycles. The van der Waals surface area contributed by atoms with Crippen molar-refractivity contribution in [1.29, 1.82) is 0 Å². The number of carbonyl (C=O) groups excluding carboxylic acids is 1. The molecule has 0 spiro atoms. The first-order chi connectivity index (χ1) is 6.09. The van der Waals surface area contributed by atoms with Crippen molar-refractivity contribution in [2.24, 2.45) is 5.92 Å². The van der Waals surface area contributed by atoms with Gasteiger partial charge in [-0.2, -0.15) is 5.10 Å². The summed E-state index contributed by atoms with van der Waals surface area (Å²) in [6.07, 6.45) is 1.88. The van der Waals surface area contributed by atoms with Crippen LogP contribution in [0.4, 0.5) is 0 Å². The van der Waals surface area contributed by atoms with Gasteiger partial charge in [-0.05, 0) is 12.8 Å². The van der Waals surface area contributed by atoms with Gasteiger partial charge in [0.05, 0.1) is 6.42 Å². The van der Waals surface area contributed by atoms with Gasteiger partial charge in [0.15, 0.2) is 0 Å². The molecule has 0 aromatic carbocycles. The number of ketones is 1. The van der Waals surface area contributed by atoms with Crippen LogP contribution < -0.4 is 0 Å². The predicted octanol–water partition coefficient (Wildman–Crippen LogP) is 1.07. The summed E-state index contributed by atoms with van der Waals surface area (Å²) in [6.45, 7) is 6.61. The molecule has 0 radical (unpaired) electrons. The Hall–Kier alpha value is -1.19. The molecule has 0 saturated carbocycles. The standard InChI is InChI=1S/C9H15N3O/c1-7(2)5-12-9(4-8(3)13)10-6-11-12/h6-7H,4-5H2,1-3H3. The van der Waals surface area contributed by atoms with Crippen LogP contribution in [0.25, 0.3) is 0 Å². The van der Waals surface area contributed by atoms with Gasteiger partial charge in [-0.25, -0.2) is 9.67 Å². The highest BCUT2D eigenvalue weighted by molar-refractivity contribution is 5.77. The molecule has 1 rings (SSSR count). The van der Waals surface area contributed by atoms with Gasteiger partial charge in [-0.3, -0.25) is 4.79 Å². The van der Waals surface area contributed by atoms with Crippen molar-refractivity contribution >= 4 is 5.78 Å². The average molecular weight is 181 g/mol. The van der Waals surface area contributed by atoms with E-state index in [2.05, 4.69) is 23.9 Å². The first-order valence-corrected chi connectivity index (χ1v) is 4.45. The first-order valence-electron chi connectivity index (χ1n) is 4.45. The van der Waals surface area contributed by atoms with E-state index in [9.17, 15) is 4.79 Å². The lowest BCUT2D eigenvalue weighted by Crippen LogP contribution is -2.12. The van der Waals surface area contributed by atoms with Crippen molar-refractivity contribution < 1.29 is 4.79 Å². The third-order valence-corrected chi connectivity index (χ3v) is 1.64. The lowest BCUT2D eigenvalue weighted by molar-refractivity contribution is -0.116. The molecule has 0 unspecified atom stereocenters. The molecular formula is C9H15N3O. The lowest BCUT2D eigenvalue weighted by atomic mass is 10.2. The van der Waals surface area contributed by atoms with Crippen molar-refractivity contribution in [3.8, 4) is 0 Å². The van der Waals surface area contributed by atoms with E-state index in [0.717, 1.165) is 12.4 Å². The Kier molecular flexibility index (Phi) is 3.17. The summed E-state index contributed by atoms with van der Waals surface area (Å²) < 4.78 is 1.80. The number of hydrogen-bond acceptors (Lipinski definition) is 3. The number of carbonyl (C=O) groups is 1. The van der Waals surface area contributed by atoms with E-state index in [1.807, 2.05) is 0 Å². The number of hydrogen-bond donors (Lipinski definition) is 0. The molecule has 0 atom stereocenters. The first kappa shape index (κ1) is 9.89. The Morgan fingerprint density at radius 3 is 2.85 bits per heavy atom. The third-order valence-electron chi connectivity index (χ3n) is 1.64. The average Bonchev–Trinajstić information content (AvgIpc) is 2.34. The van der Waals surface area contributed by atoms with E-state index in [1.54, 1.807) is 11.6 Å². The molecule has 0 N–H and O–H groups in total. The summed E-state index contributed by atoms with van der Waals surface area (Å²) in [5.41, 5.74) is 0. The van der Waals surface area contributed by atoms with Gasteiger partial charge in [0.1, 0.15) is 17.9 Å². The molecule has 4 heteroatoms. The van der Waals surface area contributed by atoms with E-state index < -0.39 is 0 Å². The van der Waals surface area contributed by atoms with Crippen molar-refractivity contribution in [2.75, 3.05) is 0 Å². The Bertz CT molecular complexity index is 291. The van der Waals surface area contributed by atoms with Crippen LogP contribution in [0.1, 0.15) is 26.6 Å². The molecule has 4 nitrogen and oxygen atoms in total. The highest BCUT2D eigenvalue weighted by atomic mass is 16.1. The topological polar surface area (TPSA) is 47.8 Å². The fraction of sp³-hybridized carbons (Fsp3) is 0.667. The fourth-order valence-corrected chi connectivity index (χ4v) is 1.15. The predicted molar refractivity (Wildman–Crippen MR) is 49.2 cm³/mol. The molecule has 1 aromatic rings. The number of nitrogens with zero attached hydrogens (tertiary/aromatic N) is 3. The van der Waals surface area contributed by atoms with Crippen molar-refractivity contribution in [2.45, 2.75) is 33.7 Å². The second kappa shape index (κ2) is 4.16. The van der Waals surface area contributed by atoms with E-state index in [1.165, 1.54) is 6.33 Å². The minimum Gasteiger partial charge on any atom is -0.300 e. The molecule has 0 aliphatic heterocycles. The Labute approximate surface area is 78.0 Å². The summed E-state index contributed by atoms with van der Waals surface area (Å²) >= 11 is 0. The van der Waals surface area contributed by atoms with Gasteiger partial charge in [-0.1, -0.05) is 13.8 Å². The van der Waals surface area contributed by atoms with Gasteiger partial charge >= 0.3 is 0 Å².